The predicted octanol–water partition coefficient (Wildman–Crippen LogP) is 2.38. The van der Waals surface area contributed by atoms with Crippen molar-refractivity contribution in [2.24, 2.45) is 0 Å². The highest BCUT2D eigenvalue weighted by Crippen LogP contribution is 2.12. The Labute approximate surface area is 122 Å². The third-order valence-electron chi connectivity index (χ3n) is 2.99. The molecule has 1 heterocycles. The second-order valence-electron chi connectivity index (χ2n) is 4.91. The van der Waals surface area contributed by atoms with E-state index in [1.54, 1.807) is 25.1 Å². The number of nitrogens with zero attached hydrogens (tertiary/aromatic N) is 1. The van der Waals surface area contributed by atoms with E-state index in [-0.39, 0.29) is 12.1 Å². The van der Waals surface area contributed by atoms with Gasteiger partial charge < -0.3 is 10.4 Å². The summed E-state index contributed by atoms with van der Waals surface area (Å²) in [7, 11) is 0. The highest BCUT2D eigenvalue weighted by atomic mass is 16.4. The normalized spacial score (nSPS) is 11.9. The molecule has 5 nitrogen and oxygen atoms in total. The summed E-state index contributed by atoms with van der Waals surface area (Å²) in [5.74, 6) is -1.60. The predicted molar refractivity (Wildman–Crippen MR) is 80.1 cm³/mol. The molecule has 2 rings (SSSR count). The molecule has 0 aliphatic heterocycles. The summed E-state index contributed by atoms with van der Waals surface area (Å²) in [5.41, 5.74) is 1.58. The number of hydrogen-bond acceptors (Lipinski definition) is 3. The summed E-state index contributed by atoms with van der Waals surface area (Å²) in [4.78, 5) is 27.5. The molecule has 0 unspecified atom stereocenters. The van der Waals surface area contributed by atoms with E-state index in [1.165, 1.54) is 0 Å². The molecule has 0 fully saturated rings. The van der Waals surface area contributed by atoms with Crippen molar-refractivity contribution in [3.8, 4) is 0 Å². The molecule has 1 aromatic heterocycles. The first-order valence-electron chi connectivity index (χ1n) is 6.51. The molecule has 5 heteroatoms. The van der Waals surface area contributed by atoms with Crippen LogP contribution in [0.4, 0.5) is 0 Å². The molecule has 0 saturated heterocycles. The zero-order valence-electron chi connectivity index (χ0n) is 11.7. The first-order valence-corrected chi connectivity index (χ1v) is 6.51. The van der Waals surface area contributed by atoms with E-state index in [4.69, 9.17) is 5.11 Å². The number of amides is 1. The van der Waals surface area contributed by atoms with Gasteiger partial charge in [0.15, 0.2) is 0 Å². The molecule has 0 radical (unpaired) electrons. The number of carboxylic acids is 1. The van der Waals surface area contributed by atoms with Crippen LogP contribution in [0.1, 0.15) is 23.8 Å². The first kappa shape index (κ1) is 14.7. The second-order valence-corrected chi connectivity index (χ2v) is 4.91. The Morgan fingerprint density at radius 3 is 2.67 bits per heavy atom. The van der Waals surface area contributed by atoms with Crippen LogP contribution in [0.2, 0.25) is 0 Å². The lowest BCUT2D eigenvalue weighted by atomic mass is 10.1. The highest BCUT2D eigenvalue weighted by molar-refractivity contribution is 5.97. The maximum Gasteiger partial charge on any atom is 0.326 e. The Hall–Kier alpha value is -2.69. The average Bonchev–Trinajstić information content (AvgIpc) is 2.45. The lowest BCUT2D eigenvalue weighted by molar-refractivity contribution is -0.139. The maximum absolute atomic E-state index is 12.1. The third kappa shape index (κ3) is 3.66. The largest absolute Gasteiger partial charge is 0.480 e. The molecule has 2 aromatic rings. The summed E-state index contributed by atoms with van der Waals surface area (Å²) >= 11 is 0. The molecule has 0 bridgehead atoms. The fourth-order valence-electron chi connectivity index (χ4n) is 1.97. The van der Waals surface area contributed by atoms with Gasteiger partial charge >= 0.3 is 5.97 Å². The van der Waals surface area contributed by atoms with Crippen LogP contribution in [-0.4, -0.2) is 28.0 Å². The first-order chi connectivity index (χ1) is 9.97. The molecule has 1 atom stereocenters. The van der Waals surface area contributed by atoms with Crippen LogP contribution in [0.25, 0.3) is 10.9 Å². The topological polar surface area (TPSA) is 79.3 Å². The quantitative estimate of drug-likeness (QED) is 0.826. The van der Waals surface area contributed by atoms with Gasteiger partial charge in [-0.05, 0) is 25.5 Å². The molecule has 2 N–H and O–H groups in total. The standard InChI is InChI=1S/C16H16N2O3/c1-10(2)9-14(16(20)21)18-15(19)13-8-7-11-5-3-4-6-12(11)17-13/h3-8,14H,1,9H2,2H3,(H,18,19)(H,20,21)/t14-/m0/s1. The zero-order valence-corrected chi connectivity index (χ0v) is 11.7. The SMILES string of the molecule is C=C(C)C[C@H](NC(=O)c1ccc2ccccc2n1)C(=O)O. The van der Waals surface area contributed by atoms with Crippen molar-refractivity contribution >= 4 is 22.8 Å². The molecule has 0 aliphatic rings. The molecule has 0 aliphatic carbocycles. The molecule has 1 aromatic carbocycles. The minimum Gasteiger partial charge on any atom is -0.480 e. The van der Waals surface area contributed by atoms with Gasteiger partial charge in [0.25, 0.3) is 5.91 Å². The maximum atomic E-state index is 12.1. The van der Waals surface area contributed by atoms with Gasteiger partial charge in [-0.25, -0.2) is 9.78 Å². The van der Waals surface area contributed by atoms with Crippen molar-refractivity contribution in [2.75, 3.05) is 0 Å². The average molecular weight is 284 g/mol. The molecular weight excluding hydrogens is 268 g/mol. The van der Waals surface area contributed by atoms with Gasteiger partial charge in [0.2, 0.25) is 0 Å². The highest BCUT2D eigenvalue weighted by Gasteiger charge is 2.21. The van der Waals surface area contributed by atoms with Crippen LogP contribution in [0.5, 0.6) is 0 Å². The molecular formula is C16H16N2O3. The number of pyridine rings is 1. The van der Waals surface area contributed by atoms with Crippen LogP contribution in [0.15, 0.2) is 48.6 Å². The Balaban J connectivity index is 2.20. The number of carbonyl (C=O) groups is 2. The number of carboxylic acid groups (broad SMARTS) is 1. The number of rotatable bonds is 5. The van der Waals surface area contributed by atoms with E-state index in [0.717, 1.165) is 5.39 Å². The van der Waals surface area contributed by atoms with Crippen molar-refractivity contribution < 1.29 is 14.7 Å². The molecule has 21 heavy (non-hydrogen) atoms. The van der Waals surface area contributed by atoms with Gasteiger partial charge in [-0.3, -0.25) is 4.79 Å². The number of carbonyl (C=O) groups excluding carboxylic acids is 1. The number of para-hydroxylation sites is 1. The van der Waals surface area contributed by atoms with Crippen LogP contribution in [0, 0.1) is 0 Å². The fraction of sp³-hybridized carbons (Fsp3) is 0.188. The van der Waals surface area contributed by atoms with Gasteiger partial charge in [0.05, 0.1) is 5.52 Å². The zero-order chi connectivity index (χ0) is 15.4. The van der Waals surface area contributed by atoms with Crippen LogP contribution >= 0.6 is 0 Å². The van der Waals surface area contributed by atoms with Gasteiger partial charge in [0.1, 0.15) is 11.7 Å². The lowest BCUT2D eigenvalue weighted by Gasteiger charge is -2.14. The van der Waals surface area contributed by atoms with E-state index in [9.17, 15) is 9.59 Å². The Morgan fingerprint density at radius 1 is 1.29 bits per heavy atom. The van der Waals surface area contributed by atoms with E-state index >= 15 is 0 Å². The Kier molecular flexibility index (Phi) is 4.33. The number of hydrogen-bond donors (Lipinski definition) is 2. The number of aliphatic carboxylic acids is 1. The van der Waals surface area contributed by atoms with Crippen LogP contribution in [-0.2, 0) is 4.79 Å². The number of aromatic nitrogens is 1. The van der Waals surface area contributed by atoms with Crippen LogP contribution < -0.4 is 5.32 Å². The number of benzene rings is 1. The summed E-state index contributed by atoms with van der Waals surface area (Å²) < 4.78 is 0. The third-order valence-corrected chi connectivity index (χ3v) is 2.99. The second kappa shape index (κ2) is 6.17. The van der Waals surface area contributed by atoms with Gasteiger partial charge in [0, 0.05) is 5.39 Å². The molecule has 1 amide bonds. The Morgan fingerprint density at radius 2 is 2.00 bits per heavy atom. The van der Waals surface area contributed by atoms with Crippen molar-refractivity contribution in [3.05, 3.63) is 54.2 Å². The smallest absolute Gasteiger partial charge is 0.326 e. The van der Waals surface area contributed by atoms with Crippen molar-refractivity contribution in [1.29, 1.82) is 0 Å². The Bertz CT molecular complexity index is 709. The monoisotopic (exact) mass is 284 g/mol. The van der Waals surface area contributed by atoms with E-state index in [2.05, 4.69) is 16.9 Å². The molecule has 108 valence electrons. The summed E-state index contributed by atoms with van der Waals surface area (Å²) in [6.07, 6.45) is 0.189. The van der Waals surface area contributed by atoms with E-state index in [0.29, 0.717) is 11.1 Å². The molecule has 0 saturated carbocycles. The van der Waals surface area contributed by atoms with Gasteiger partial charge in [-0.1, -0.05) is 29.8 Å². The minimum absolute atomic E-state index is 0.189. The lowest BCUT2D eigenvalue weighted by Crippen LogP contribution is -2.41. The number of fused-ring (bicyclic) bond motifs is 1. The molecule has 0 spiro atoms. The van der Waals surface area contributed by atoms with Crippen molar-refractivity contribution in [1.82, 2.24) is 10.3 Å². The minimum atomic E-state index is -1.09. The summed E-state index contributed by atoms with van der Waals surface area (Å²) in [5, 5.41) is 12.5. The fourth-order valence-corrected chi connectivity index (χ4v) is 1.97. The van der Waals surface area contributed by atoms with E-state index in [1.807, 2.05) is 18.2 Å². The number of nitrogens with one attached hydrogen (secondary N) is 1. The van der Waals surface area contributed by atoms with Crippen molar-refractivity contribution in [3.63, 3.8) is 0 Å². The summed E-state index contributed by atoms with van der Waals surface area (Å²) in [6.45, 7) is 5.39. The summed E-state index contributed by atoms with van der Waals surface area (Å²) in [6, 6.07) is 9.78. The van der Waals surface area contributed by atoms with E-state index < -0.39 is 17.9 Å². The van der Waals surface area contributed by atoms with Gasteiger partial charge in [-0.2, -0.15) is 0 Å². The van der Waals surface area contributed by atoms with Gasteiger partial charge in [-0.15, -0.1) is 6.58 Å². The van der Waals surface area contributed by atoms with Crippen LogP contribution in [0.3, 0.4) is 0 Å². The van der Waals surface area contributed by atoms with Crippen molar-refractivity contribution in [2.45, 2.75) is 19.4 Å².